The molecular formula is C18H39AlO3. The van der Waals surface area contributed by atoms with Crippen LogP contribution in [-0.4, -0.2) is 34.2 Å². The SMILES string of the molecule is CCCC(C)(C)[O-].CCCC(C)(C)[O-].CCCC(C)(C)[O-].[Al+3]. The first-order chi connectivity index (χ1) is 9.18. The van der Waals surface area contributed by atoms with Gasteiger partial charge >= 0.3 is 17.4 Å². The summed E-state index contributed by atoms with van der Waals surface area (Å²) in [4.78, 5) is 0. The summed E-state index contributed by atoms with van der Waals surface area (Å²) in [5.41, 5.74) is -2.10. The van der Waals surface area contributed by atoms with Gasteiger partial charge in [0, 0.05) is 0 Å². The molecule has 3 nitrogen and oxygen atoms in total. The third-order valence-electron chi connectivity index (χ3n) is 2.56. The Morgan fingerprint density at radius 2 is 0.636 bits per heavy atom. The van der Waals surface area contributed by atoms with Crippen LogP contribution < -0.4 is 15.3 Å². The first-order valence-electron chi connectivity index (χ1n) is 8.29. The monoisotopic (exact) mass is 330 g/mol. The predicted molar refractivity (Wildman–Crippen MR) is 92.7 cm³/mol. The molecule has 22 heavy (non-hydrogen) atoms. The molecule has 0 aromatic heterocycles. The molecule has 0 heterocycles. The van der Waals surface area contributed by atoms with Crippen LogP contribution in [0.2, 0.25) is 0 Å². The van der Waals surface area contributed by atoms with Crippen molar-refractivity contribution in [3.63, 3.8) is 0 Å². The summed E-state index contributed by atoms with van der Waals surface area (Å²) in [6.45, 7) is 16.4. The molecule has 4 heteroatoms. The van der Waals surface area contributed by atoms with E-state index in [2.05, 4.69) is 0 Å². The Labute approximate surface area is 150 Å². The molecule has 0 aliphatic heterocycles. The molecular weight excluding hydrogens is 291 g/mol. The molecule has 0 saturated heterocycles. The number of hydrogen-bond acceptors (Lipinski definition) is 3. The Morgan fingerprint density at radius 3 is 0.636 bits per heavy atom. The fourth-order valence-electron chi connectivity index (χ4n) is 1.81. The minimum atomic E-state index is -0.700. The fourth-order valence-corrected chi connectivity index (χ4v) is 1.81. The fraction of sp³-hybridized carbons (Fsp3) is 1.00. The Kier molecular flexibility index (Phi) is 20.6. The largest absolute Gasteiger partial charge is 3.00 e. The molecule has 0 radical (unpaired) electrons. The van der Waals surface area contributed by atoms with Crippen molar-refractivity contribution in [3.8, 4) is 0 Å². The smallest absolute Gasteiger partial charge is 0.850 e. The standard InChI is InChI=1S/3C6H13O.Al/c3*1-4-5-6(2,3)7;/h3*4-5H2,1-3H3;/q3*-1;+3. The van der Waals surface area contributed by atoms with Crippen molar-refractivity contribution >= 4 is 17.4 Å². The van der Waals surface area contributed by atoms with Crippen molar-refractivity contribution in [1.29, 1.82) is 0 Å². The molecule has 0 rings (SSSR count). The van der Waals surface area contributed by atoms with E-state index in [1.165, 1.54) is 0 Å². The van der Waals surface area contributed by atoms with Crippen LogP contribution in [0.1, 0.15) is 101 Å². The van der Waals surface area contributed by atoms with E-state index in [1.54, 1.807) is 41.5 Å². The molecule has 0 saturated carbocycles. The maximum absolute atomic E-state index is 10.7. The van der Waals surface area contributed by atoms with E-state index in [9.17, 15) is 15.3 Å². The minimum absolute atomic E-state index is 0. The number of rotatable bonds is 6. The van der Waals surface area contributed by atoms with Crippen LogP contribution in [0.15, 0.2) is 0 Å². The van der Waals surface area contributed by atoms with Crippen LogP contribution in [-0.2, 0) is 0 Å². The molecule has 0 aromatic rings. The van der Waals surface area contributed by atoms with Gasteiger partial charge < -0.3 is 15.3 Å². The summed E-state index contributed by atoms with van der Waals surface area (Å²) in [5, 5.41) is 32.1. The van der Waals surface area contributed by atoms with Crippen LogP contribution in [0, 0.1) is 0 Å². The van der Waals surface area contributed by atoms with Gasteiger partial charge in [0.25, 0.3) is 0 Å². The van der Waals surface area contributed by atoms with Gasteiger partial charge in [0.05, 0.1) is 0 Å². The molecule has 0 aliphatic carbocycles. The van der Waals surface area contributed by atoms with Crippen LogP contribution in [0.25, 0.3) is 0 Å². The van der Waals surface area contributed by atoms with E-state index in [1.807, 2.05) is 20.8 Å². The van der Waals surface area contributed by atoms with E-state index in [-0.39, 0.29) is 17.4 Å². The van der Waals surface area contributed by atoms with Gasteiger partial charge in [-0.25, -0.2) is 0 Å². The summed E-state index contributed by atoms with van der Waals surface area (Å²) in [6, 6.07) is 0. The third kappa shape index (κ3) is 49.9. The normalized spacial score (nSPS) is 11.5. The minimum Gasteiger partial charge on any atom is -0.850 e. The molecule has 0 atom stereocenters. The van der Waals surface area contributed by atoms with Crippen molar-refractivity contribution in [1.82, 2.24) is 0 Å². The second kappa shape index (κ2) is 15.0. The summed E-state index contributed by atoms with van der Waals surface area (Å²) in [7, 11) is 0. The van der Waals surface area contributed by atoms with Gasteiger partial charge in [0.1, 0.15) is 0 Å². The zero-order chi connectivity index (χ0) is 17.7. The van der Waals surface area contributed by atoms with Crippen molar-refractivity contribution in [3.05, 3.63) is 0 Å². The molecule has 0 N–H and O–H groups in total. The van der Waals surface area contributed by atoms with Crippen molar-refractivity contribution in [2.24, 2.45) is 0 Å². The van der Waals surface area contributed by atoms with Gasteiger partial charge in [-0.3, -0.25) is 0 Å². The topological polar surface area (TPSA) is 69.2 Å². The average Bonchev–Trinajstić information content (AvgIpc) is 2.12. The number of hydrogen-bond donors (Lipinski definition) is 0. The van der Waals surface area contributed by atoms with Gasteiger partial charge in [-0.05, 0) is 0 Å². The molecule has 132 valence electrons. The van der Waals surface area contributed by atoms with E-state index >= 15 is 0 Å². The average molecular weight is 330 g/mol. The van der Waals surface area contributed by atoms with Gasteiger partial charge in [0.2, 0.25) is 0 Å². The maximum atomic E-state index is 10.7. The molecule has 0 aromatic carbocycles. The molecule has 0 unspecified atom stereocenters. The summed E-state index contributed by atoms with van der Waals surface area (Å²) >= 11 is 0. The van der Waals surface area contributed by atoms with E-state index in [0.29, 0.717) is 0 Å². The zero-order valence-corrected chi connectivity index (χ0v) is 17.7. The quantitative estimate of drug-likeness (QED) is 0.702. The first-order valence-corrected chi connectivity index (χ1v) is 8.29. The van der Waals surface area contributed by atoms with Crippen LogP contribution in [0.4, 0.5) is 0 Å². The Morgan fingerprint density at radius 1 is 0.500 bits per heavy atom. The molecule has 0 fully saturated rings. The van der Waals surface area contributed by atoms with Gasteiger partial charge in [-0.15, -0.1) is 16.8 Å². The van der Waals surface area contributed by atoms with E-state index in [4.69, 9.17) is 0 Å². The van der Waals surface area contributed by atoms with Crippen LogP contribution in [0.5, 0.6) is 0 Å². The second-order valence-corrected chi connectivity index (χ2v) is 7.53. The summed E-state index contributed by atoms with van der Waals surface area (Å²) < 4.78 is 0. The van der Waals surface area contributed by atoms with E-state index in [0.717, 1.165) is 38.5 Å². The van der Waals surface area contributed by atoms with Gasteiger partial charge in [0.15, 0.2) is 0 Å². The summed E-state index contributed by atoms with van der Waals surface area (Å²) in [6.07, 6.45) is 5.34. The van der Waals surface area contributed by atoms with Gasteiger partial charge in [-0.2, -0.15) is 0 Å². The molecule has 0 amide bonds. The van der Waals surface area contributed by atoms with E-state index < -0.39 is 16.8 Å². The molecule has 0 aliphatic rings. The summed E-state index contributed by atoms with van der Waals surface area (Å²) in [5.74, 6) is 0. The predicted octanol–water partition coefficient (Wildman–Crippen LogP) is 2.40. The maximum Gasteiger partial charge on any atom is 3.00 e. The van der Waals surface area contributed by atoms with Crippen molar-refractivity contribution in [2.45, 2.75) is 118 Å². The van der Waals surface area contributed by atoms with Crippen molar-refractivity contribution in [2.75, 3.05) is 0 Å². The van der Waals surface area contributed by atoms with Gasteiger partial charge in [-0.1, -0.05) is 101 Å². The third-order valence-corrected chi connectivity index (χ3v) is 2.56. The molecule has 0 spiro atoms. The Bertz CT molecular complexity index is 172. The molecule has 0 bridgehead atoms. The first kappa shape index (κ1) is 30.3. The Hall–Kier alpha value is 0.412. The second-order valence-electron chi connectivity index (χ2n) is 7.53. The van der Waals surface area contributed by atoms with Crippen LogP contribution in [0.3, 0.4) is 0 Å². The Balaban J connectivity index is -0.000000108. The zero-order valence-electron chi connectivity index (χ0n) is 16.5. The van der Waals surface area contributed by atoms with Crippen LogP contribution >= 0.6 is 0 Å². The van der Waals surface area contributed by atoms with Crippen molar-refractivity contribution < 1.29 is 15.3 Å².